The van der Waals surface area contributed by atoms with Gasteiger partial charge in [-0.15, -0.1) is 23.7 Å². The van der Waals surface area contributed by atoms with E-state index in [0.717, 1.165) is 26.2 Å². The molecule has 2 aromatic rings. The molecule has 0 aliphatic carbocycles. The Labute approximate surface area is 131 Å². The molecule has 1 N–H and O–H groups in total. The number of hydrogen-bond acceptors (Lipinski definition) is 3. The van der Waals surface area contributed by atoms with Crippen LogP contribution in [0, 0.1) is 0 Å². The van der Waals surface area contributed by atoms with E-state index in [0.29, 0.717) is 6.04 Å². The molecule has 1 aliphatic heterocycles. The molecule has 108 valence electrons. The molecule has 2 heterocycles. The van der Waals surface area contributed by atoms with Crippen LogP contribution in [0.5, 0.6) is 0 Å². The highest BCUT2D eigenvalue weighted by molar-refractivity contribution is 7.10. The number of thiophene rings is 1. The van der Waals surface area contributed by atoms with Gasteiger partial charge in [0, 0.05) is 37.1 Å². The first-order valence-electron chi connectivity index (χ1n) is 6.90. The van der Waals surface area contributed by atoms with Crippen molar-refractivity contribution < 1.29 is 0 Å². The van der Waals surface area contributed by atoms with E-state index in [9.17, 15) is 0 Å². The number of nitrogens with one attached hydrogen (secondary N) is 1. The van der Waals surface area contributed by atoms with Crippen LogP contribution in [0.3, 0.4) is 0 Å². The summed E-state index contributed by atoms with van der Waals surface area (Å²) >= 11 is 1.88. The number of piperazine rings is 1. The molecule has 0 saturated carbocycles. The van der Waals surface area contributed by atoms with E-state index in [-0.39, 0.29) is 12.4 Å². The smallest absolute Gasteiger partial charge is 0.0329 e. The highest BCUT2D eigenvalue weighted by atomic mass is 35.5. The van der Waals surface area contributed by atoms with E-state index in [4.69, 9.17) is 0 Å². The largest absolute Gasteiger partial charge is 0.312 e. The minimum atomic E-state index is 0. The van der Waals surface area contributed by atoms with Gasteiger partial charge in [0.05, 0.1) is 0 Å². The summed E-state index contributed by atoms with van der Waals surface area (Å²) in [4.78, 5) is 4.01. The molecule has 0 unspecified atom stereocenters. The van der Waals surface area contributed by atoms with Gasteiger partial charge < -0.3 is 5.32 Å². The average molecular weight is 309 g/mol. The first kappa shape index (κ1) is 15.5. The molecule has 1 aliphatic rings. The predicted molar refractivity (Wildman–Crippen MR) is 89.7 cm³/mol. The summed E-state index contributed by atoms with van der Waals surface area (Å²) in [6.07, 6.45) is 0. The number of hydrogen-bond donors (Lipinski definition) is 1. The topological polar surface area (TPSA) is 15.3 Å². The maximum absolute atomic E-state index is 3.49. The molecule has 1 aromatic heterocycles. The van der Waals surface area contributed by atoms with Gasteiger partial charge in [0.2, 0.25) is 0 Å². The zero-order valence-electron chi connectivity index (χ0n) is 11.7. The third-order valence-corrected chi connectivity index (χ3v) is 4.51. The van der Waals surface area contributed by atoms with E-state index in [1.165, 1.54) is 16.0 Å². The van der Waals surface area contributed by atoms with Gasteiger partial charge in [0.1, 0.15) is 0 Å². The molecule has 0 bridgehead atoms. The van der Waals surface area contributed by atoms with Crippen molar-refractivity contribution in [1.29, 1.82) is 0 Å². The van der Waals surface area contributed by atoms with E-state index in [2.05, 4.69) is 58.9 Å². The van der Waals surface area contributed by atoms with Gasteiger partial charge in [0.15, 0.2) is 0 Å². The van der Waals surface area contributed by atoms with Crippen LogP contribution in [0.25, 0.3) is 11.1 Å². The fraction of sp³-hybridized carbons (Fsp3) is 0.375. The summed E-state index contributed by atoms with van der Waals surface area (Å²) in [5, 5.41) is 5.76. The minimum absolute atomic E-state index is 0. The Balaban J connectivity index is 0.00000147. The van der Waals surface area contributed by atoms with Crippen molar-refractivity contribution in [3.63, 3.8) is 0 Å². The van der Waals surface area contributed by atoms with Crippen LogP contribution in [0.4, 0.5) is 0 Å². The number of benzene rings is 1. The van der Waals surface area contributed by atoms with Gasteiger partial charge in [-0.05, 0) is 29.5 Å². The van der Waals surface area contributed by atoms with Gasteiger partial charge in [-0.2, -0.15) is 0 Å². The maximum Gasteiger partial charge on any atom is 0.0329 e. The second kappa shape index (κ2) is 7.23. The van der Waals surface area contributed by atoms with E-state index in [1.54, 1.807) is 0 Å². The lowest BCUT2D eigenvalue weighted by atomic mass is 10.1. The lowest BCUT2D eigenvalue weighted by Gasteiger charge is -2.31. The number of halogens is 1. The van der Waals surface area contributed by atoms with Crippen molar-refractivity contribution in [2.24, 2.45) is 0 Å². The molecular formula is C16H21ClN2S. The molecule has 0 spiro atoms. The zero-order valence-corrected chi connectivity index (χ0v) is 13.3. The molecule has 0 amide bonds. The van der Waals surface area contributed by atoms with Gasteiger partial charge in [-0.25, -0.2) is 0 Å². The second-order valence-electron chi connectivity index (χ2n) is 5.26. The van der Waals surface area contributed by atoms with Crippen molar-refractivity contribution in [2.75, 3.05) is 19.6 Å². The summed E-state index contributed by atoms with van der Waals surface area (Å²) in [5.74, 6) is 0. The zero-order chi connectivity index (χ0) is 13.1. The molecule has 20 heavy (non-hydrogen) atoms. The quantitative estimate of drug-likeness (QED) is 0.931. The summed E-state index contributed by atoms with van der Waals surface area (Å²) in [6.45, 7) is 6.76. The van der Waals surface area contributed by atoms with E-state index in [1.807, 2.05) is 11.3 Å². The van der Waals surface area contributed by atoms with E-state index < -0.39 is 0 Å². The third-order valence-electron chi connectivity index (χ3n) is 3.59. The van der Waals surface area contributed by atoms with Crippen LogP contribution < -0.4 is 5.32 Å². The average Bonchev–Trinajstić information content (AvgIpc) is 2.88. The lowest BCUT2D eigenvalue weighted by Crippen LogP contribution is -2.48. The highest BCUT2D eigenvalue weighted by Crippen LogP contribution is 2.26. The van der Waals surface area contributed by atoms with Crippen molar-refractivity contribution >= 4 is 23.7 Å². The monoisotopic (exact) mass is 308 g/mol. The highest BCUT2D eigenvalue weighted by Gasteiger charge is 2.16. The first-order chi connectivity index (χ1) is 9.31. The molecular weight excluding hydrogens is 288 g/mol. The van der Waals surface area contributed by atoms with Crippen LogP contribution >= 0.6 is 23.7 Å². The van der Waals surface area contributed by atoms with Crippen LogP contribution in [0.2, 0.25) is 0 Å². The lowest BCUT2D eigenvalue weighted by molar-refractivity contribution is 0.201. The van der Waals surface area contributed by atoms with Gasteiger partial charge >= 0.3 is 0 Å². The Morgan fingerprint density at radius 1 is 1.25 bits per heavy atom. The normalized spacial score (nSPS) is 19.6. The first-order valence-corrected chi connectivity index (χ1v) is 7.78. The van der Waals surface area contributed by atoms with Gasteiger partial charge in [-0.3, -0.25) is 4.90 Å². The molecule has 1 aromatic carbocycles. The Morgan fingerprint density at radius 3 is 2.80 bits per heavy atom. The minimum Gasteiger partial charge on any atom is -0.312 e. The summed E-state index contributed by atoms with van der Waals surface area (Å²) in [6, 6.07) is 13.6. The Morgan fingerprint density at radius 2 is 2.05 bits per heavy atom. The number of nitrogens with zero attached hydrogens (tertiary/aromatic N) is 1. The maximum atomic E-state index is 3.49. The van der Waals surface area contributed by atoms with Crippen molar-refractivity contribution in [3.05, 3.63) is 46.7 Å². The predicted octanol–water partition coefficient (Wildman–Crippen LogP) is 3.63. The molecule has 1 fully saturated rings. The van der Waals surface area contributed by atoms with Crippen LogP contribution in [0.1, 0.15) is 11.8 Å². The summed E-state index contributed by atoms with van der Waals surface area (Å²) in [5.41, 5.74) is 2.67. The fourth-order valence-electron chi connectivity index (χ4n) is 2.62. The Bertz CT molecular complexity index is 526. The molecule has 4 heteroatoms. The SMILES string of the molecule is C[C@H]1CN(Cc2cc(-c3ccccc3)cs2)CCN1.Cl. The summed E-state index contributed by atoms with van der Waals surface area (Å²) < 4.78 is 0. The molecule has 3 rings (SSSR count). The van der Waals surface area contributed by atoms with Gasteiger partial charge in [-0.1, -0.05) is 30.3 Å². The van der Waals surface area contributed by atoms with Crippen molar-refractivity contribution in [3.8, 4) is 11.1 Å². The van der Waals surface area contributed by atoms with E-state index >= 15 is 0 Å². The third kappa shape index (κ3) is 3.83. The molecule has 0 radical (unpaired) electrons. The van der Waals surface area contributed by atoms with Gasteiger partial charge in [0.25, 0.3) is 0 Å². The van der Waals surface area contributed by atoms with Crippen LogP contribution in [-0.4, -0.2) is 30.6 Å². The molecule has 2 nitrogen and oxygen atoms in total. The Kier molecular flexibility index (Phi) is 5.61. The van der Waals surface area contributed by atoms with Crippen molar-refractivity contribution in [2.45, 2.75) is 19.5 Å². The summed E-state index contributed by atoms with van der Waals surface area (Å²) in [7, 11) is 0. The van der Waals surface area contributed by atoms with Crippen LogP contribution in [-0.2, 0) is 6.54 Å². The van der Waals surface area contributed by atoms with Crippen LogP contribution in [0.15, 0.2) is 41.8 Å². The molecule has 1 atom stereocenters. The molecule has 1 saturated heterocycles. The number of rotatable bonds is 3. The Hall–Kier alpha value is -0.870. The fourth-order valence-corrected chi connectivity index (χ4v) is 3.56. The van der Waals surface area contributed by atoms with Crippen molar-refractivity contribution in [1.82, 2.24) is 10.2 Å². The standard InChI is InChI=1S/C16H20N2S.ClH/c1-13-10-18(8-7-17-13)11-16-9-15(12-19-16)14-5-3-2-4-6-14;/h2-6,9,12-13,17H,7-8,10-11H2,1H3;1H/t13-;/m0./s1. The second-order valence-corrected chi connectivity index (χ2v) is 6.25.